The summed E-state index contributed by atoms with van der Waals surface area (Å²) in [5.41, 5.74) is 5.67. The quantitative estimate of drug-likeness (QED) is 0.186. The van der Waals surface area contributed by atoms with Gasteiger partial charge in [-0.1, -0.05) is 121 Å². The molecule has 0 saturated heterocycles. The van der Waals surface area contributed by atoms with Crippen LogP contribution >= 0.6 is 22.9 Å². The van der Waals surface area contributed by atoms with Gasteiger partial charge in [-0.15, -0.1) is 11.3 Å². The summed E-state index contributed by atoms with van der Waals surface area (Å²) in [5.74, 6) is 0. The Morgan fingerprint density at radius 3 is 1.93 bits per heavy atom. The second-order valence-corrected chi connectivity index (χ2v) is 12.6. The van der Waals surface area contributed by atoms with Gasteiger partial charge in [0.15, 0.2) is 0 Å². The van der Waals surface area contributed by atoms with Gasteiger partial charge in [0.2, 0.25) is 0 Å². The van der Waals surface area contributed by atoms with Gasteiger partial charge in [-0.3, -0.25) is 0 Å². The van der Waals surface area contributed by atoms with Crippen molar-refractivity contribution in [2.75, 3.05) is 4.90 Å². The van der Waals surface area contributed by atoms with E-state index in [1.807, 2.05) is 0 Å². The summed E-state index contributed by atoms with van der Waals surface area (Å²) >= 11 is 8.93. The molecule has 0 aliphatic carbocycles. The second-order valence-electron chi connectivity index (χ2n) is 11.1. The molecule has 202 valence electrons. The van der Waals surface area contributed by atoms with Crippen LogP contribution in [0.25, 0.3) is 63.6 Å². The first-order valence-corrected chi connectivity index (χ1v) is 15.7. The van der Waals surface area contributed by atoms with Crippen LogP contribution in [-0.2, 0) is 0 Å². The molecule has 0 atom stereocenters. The molecule has 1 heterocycles. The number of fused-ring (bicyclic) bond motifs is 3. The highest BCUT2D eigenvalue weighted by Crippen LogP contribution is 2.47. The normalized spacial score (nSPS) is 11.8. The van der Waals surface area contributed by atoms with Crippen molar-refractivity contribution >= 4 is 92.5 Å². The number of thiophene rings is 1. The molecule has 3 heteroatoms. The van der Waals surface area contributed by atoms with E-state index in [9.17, 15) is 0 Å². The molecule has 9 rings (SSSR count). The monoisotopic (exact) mass is 585 g/mol. The molecule has 0 radical (unpaired) electrons. The first kappa shape index (κ1) is 24.7. The van der Waals surface area contributed by atoms with Gasteiger partial charge in [0.1, 0.15) is 0 Å². The lowest BCUT2D eigenvalue weighted by atomic mass is 9.93. The highest BCUT2D eigenvalue weighted by atomic mass is 35.5. The fraction of sp³-hybridized carbons (Fsp3) is 0. The average molecular weight is 586 g/mol. The Bertz CT molecular complexity index is 2440. The smallest absolute Gasteiger partial charge is 0.0540 e. The lowest BCUT2D eigenvalue weighted by Gasteiger charge is -2.28. The average Bonchev–Trinajstić information content (AvgIpc) is 3.44. The fourth-order valence-electron chi connectivity index (χ4n) is 6.70. The van der Waals surface area contributed by atoms with Crippen LogP contribution in [-0.4, -0.2) is 0 Å². The predicted octanol–water partition coefficient (Wildman–Crippen LogP) is 12.7. The SMILES string of the molecule is Clc1cc(N(c2ccc(-c3ccccc3)cc2)c2ccc3ccc4cccc5ccc2c3c45)cc2sc3ccccc3c12. The van der Waals surface area contributed by atoms with E-state index < -0.39 is 0 Å². The minimum atomic E-state index is 0.772. The Balaban J connectivity index is 1.32. The van der Waals surface area contributed by atoms with Gasteiger partial charge in [0.05, 0.1) is 10.7 Å². The van der Waals surface area contributed by atoms with Gasteiger partial charge >= 0.3 is 0 Å². The van der Waals surface area contributed by atoms with Crippen molar-refractivity contribution in [3.05, 3.63) is 151 Å². The van der Waals surface area contributed by atoms with Gasteiger partial charge in [0, 0.05) is 36.9 Å². The summed E-state index contributed by atoms with van der Waals surface area (Å²) in [6.45, 7) is 0. The van der Waals surface area contributed by atoms with Crippen molar-refractivity contribution in [2.45, 2.75) is 0 Å². The molecule has 0 aliphatic heterocycles. The molecule has 0 N–H and O–H groups in total. The number of hydrogen-bond acceptors (Lipinski definition) is 2. The van der Waals surface area contributed by atoms with Crippen LogP contribution in [0.15, 0.2) is 146 Å². The van der Waals surface area contributed by atoms with E-state index in [-0.39, 0.29) is 0 Å². The van der Waals surface area contributed by atoms with Crippen molar-refractivity contribution < 1.29 is 0 Å². The largest absolute Gasteiger partial charge is 0.310 e. The zero-order valence-corrected chi connectivity index (χ0v) is 24.7. The second kappa shape index (κ2) is 9.57. The zero-order chi connectivity index (χ0) is 28.5. The minimum absolute atomic E-state index is 0.772. The van der Waals surface area contributed by atoms with Crippen molar-refractivity contribution in [1.29, 1.82) is 0 Å². The molecule has 8 aromatic carbocycles. The van der Waals surface area contributed by atoms with E-state index in [4.69, 9.17) is 11.6 Å². The van der Waals surface area contributed by atoms with E-state index in [1.165, 1.54) is 58.2 Å². The third-order valence-electron chi connectivity index (χ3n) is 8.65. The lowest BCUT2D eigenvalue weighted by Crippen LogP contribution is -2.10. The van der Waals surface area contributed by atoms with Crippen LogP contribution in [0.3, 0.4) is 0 Å². The molecular formula is C40H24ClNS. The zero-order valence-electron chi connectivity index (χ0n) is 23.1. The van der Waals surface area contributed by atoms with E-state index in [0.29, 0.717) is 0 Å². The van der Waals surface area contributed by atoms with Gasteiger partial charge in [-0.25, -0.2) is 0 Å². The van der Waals surface area contributed by atoms with Crippen molar-refractivity contribution in [2.24, 2.45) is 0 Å². The van der Waals surface area contributed by atoms with Crippen molar-refractivity contribution in [3.63, 3.8) is 0 Å². The summed E-state index contributed by atoms with van der Waals surface area (Å²) in [5, 5.41) is 10.7. The summed E-state index contributed by atoms with van der Waals surface area (Å²) in [6, 6.07) is 52.5. The fourth-order valence-corrected chi connectivity index (χ4v) is 8.23. The van der Waals surface area contributed by atoms with E-state index in [0.717, 1.165) is 27.5 Å². The molecule has 1 aromatic heterocycles. The molecule has 0 fully saturated rings. The Hall–Kier alpha value is -4.89. The van der Waals surface area contributed by atoms with Crippen LogP contribution in [0.5, 0.6) is 0 Å². The van der Waals surface area contributed by atoms with Crippen LogP contribution in [0.1, 0.15) is 0 Å². The number of rotatable bonds is 4. The van der Waals surface area contributed by atoms with Gasteiger partial charge in [0.25, 0.3) is 0 Å². The summed E-state index contributed by atoms with van der Waals surface area (Å²) in [4.78, 5) is 2.37. The first-order valence-electron chi connectivity index (χ1n) is 14.5. The third kappa shape index (κ3) is 3.84. The third-order valence-corrected chi connectivity index (χ3v) is 10.1. The molecule has 0 aliphatic rings. The van der Waals surface area contributed by atoms with Crippen LogP contribution < -0.4 is 4.90 Å². The summed E-state index contributed by atoms with van der Waals surface area (Å²) in [7, 11) is 0. The molecular weight excluding hydrogens is 562 g/mol. The maximum atomic E-state index is 7.13. The summed E-state index contributed by atoms with van der Waals surface area (Å²) in [6.07, 6.45) is 0. The lowest BCUT2D eigenvalue weighted by molar-refractivity contribution is 1.31. The van der Waals surface area contributed by atoms with Crippen molar-refractivity contribution in [3.8, 4) is 11.1 Å². The minimum Gasteiger partial charge on any atom is -0.310 e. The molecule has 43 heavy (non-hydrogen) atoms. The number of benzene rings is 8. The number of halogens is 1. The Kier molecular flexibility index (Phi) is 5.49. The Morgan fingerprint density at radius 2 is 1.12 bits per heavy atom. The maximum absolute atomic E-state index is 7.13. The molecule has 0 amide bonds. The number of nitrogens with zero attached hydrogens (tertiary/aromatic N) is 1. The molecule has 0 bridgehead atoms. The van der Waals surface area contributed by atoms with Crippen LogP contribution in [0.2, 0.25) is 5.02 Å². The molecule has 9 aromatic rings. The van der Waals surface area contributed by atoms with Gasteiger partial charge in [-0.2, -0.15) is 0 Å². The van der Waals surface area contributed by atoms with Gasteiger partial charge in [-0.05, 0) is 74.5 Å². The van der Waals surface area contributed by atoms with E-state index in [1.54, 1.807) is 11.3 Å². The topological polar surface area (TPSA) is 3.24 Å². The highest BCUT2D eigenvalue weighted by molar-refractivity contribution is 7.26. The highest BCUT2D eigenvalue weighted by Gasteiger charge is 2.20. The van der Waals surface area contributed by atoms with Crippen LogP contribution in [0, 0.1) is 0 Å². The molecule has 0 spiro atoms. The van der Waals surface area contributed by atoms with Gasteiger partial charge < -0.3 is 4.90 Å². The first-order chi connectivity index (χ1) is 21.2. The number of hydrogen-bond donors (Lipinski definition) is 0. The van der Waals surface area contributed by atoms with E-state index >= 15 is 0 Å². The molecule has 0 saturated carbocycles. The van der Waals surface area contributed by atoms with Crippen LogP contribution in [0.4, 0.5) is 17.1 Å². The Morgan fingerprint density at radius 1 is 0.442 bits per heavy atom. The van der Waals surface area contributed by atoms with Crippen molar-refractivity contribution in [1.82, 2.24) is 0 Å². The summed E-state index contributed by atoms with van der Waals surface area (Å²) < 4.78 is 2.44. The maximum Gasteiger partial charge on any atom is 0.0540 e. The predicted molar refractivity (Wildman–Crippen MR) is 188 cm³/mol. The molecule has 0 unspecified atom stereocenters. The Labute approximate surface area is 258 Å². The number of anilines is 3. The standard InChI is InChI=1S/C40H24ClNS/c41-34-23-31(24-37-40(34)33-11-4-5-12-36(33)43-37)42(30-19-15-26(16-20-30)25-7-2-1-3-8-25)35-22-18-29-14-13-27-9-6-10-28-17-21-32(35)39(29)38(27)28/h1-24H. The molecule has 1 nitrogen and oxygen atoms in total. The van der Waals surface area contributed by atoms with E-state index in [2.05, 4.69) is 150 Å².